The van der Waals surface area contributed by atoms with Gasteiger partial charge in [-0.3, -0.25) is 9.69 Å². The lowest BCUT2D eigenvalue weighted by Gasteiger charge is -2.36. The van der Waals surface area contributed by atoms with E-state index in [1.807, 2.05) is 12.1 Å². The molecule has 10 heteroatoms. The van der Waals surface area contributed by atoms with Gasteiger partial charge < -0.3 is 29.7 Å². The van der Waals surface area contributed by atoms with Crippen LogP contribution >= 0.6 is 0 Å². The number of nitrogens with zero attached hydrogens (tertiary/aromatic N) is 4. The maximum atomic E-state index is 11.6. The molecule has 1 saturated heterocycles. The van der Waals surface area contributed by atoms with E-state index in [2.05, 4.69) is 43.0 Å². The summed E-state index contributed by atoms with van der Waals surface area (Å²) in [6.07, 6.45) is 2.82. The lowest BCUT2D eigenvalue weighted by molar-refractivity contribution is -0.111. The van der Waals surface area contributed by atoms with Crippen LogP contribution < -0.4 is 25.0 Å². The maximum Gasteiger partial charge on any atom is 0.247 e. The highest BCUT2D eigenvalue weighted by Gasteiger charge is 2.20. The number of rotatable bonds is 11. The van der Waals surface area contributed by atoms with Crippen molar-refractivity contribution < 1.29 is 19.0 Å². The van der Waals surface area contributed by atoms with Crippen molar-refractivity contribution in [3.8, 4) is 17.4 Å². The molecule has 194 valence electrons. The van der Waals surface area contributed by atoms with Gasteiger partial charge in [0.1, 0.15) is 11.5 Å². The van der Waals surface area contributed by atoms with Gasteiger partial charge in [-0.2, -0.15) is 4.98 Å². The van der Waals surface area contributed by atoms with Crippen LogP contribution in [0.15, 0.2) is 67.4 Å². The second kappa shape index (κ2) is 12.7. The van der Waals surface area contributed by atoms with E-state index in [1.165, 1.54) is 6.08 Å². The van der Waals surface area contributed by atoms with Crippen LogP contribution in [0.25, 0.3) is 0 Å². The molecule has 1 fully saturated rings. The molecule has 1 amide bonds. The van der Waals surface area contributed by atoms with Crippen LogP contribution in [-0.2, 0) is 9.53 Å². The number of piperazine rings is 1. The fraction of sp³-hybridized carbons (Fsp3) is 0.296. The van der Waals surface area contributed by atoms with Gasteiger partial charge in [-0.05, 0) is 30.3 Å². The number of carbonyl (C=O) groups is 1. The van der Waals surface area contributed by atoms with Crippen molar-refractivity contribution in [1.82, 2.24) is 14.9 Å². The first kappa shape index (κ1) is 25.9. The molecule has 0 unspecified atom stereocenters. The largest absolute Gasteiger partial charge is 0.495 e. The van der Waals surface area contributed by atoms with Gasteiger partial charge in [-0.25, -0.2) is 4.98 Å². The van der Waals surface area contributed by atoms with E-state index in [0.717, 1.165) is 56.5 Å². The van der Waals surface area contributed by atoms with Crippen molar-refractivity contribution in [3.63, 3.8) is 0 Å². The summed E-state index contributed by atoms with van der Waals surface area (Å²) < 4.78 is 16.8. The molecule has 10 nitrogen and oxygen atoms in total. The Morgan fingerprint density at radius 1 is 1.08 bits per heavy atom. The Balaban J connectivity index is 1.41. The summed E-state index contributed by atoms with van der Waals surface area (Å²) in [5.41, 5.74) is 2.45. The molecule has 1 aliphatic heterocycles. The fourth-order valence-electron chi connectivity index (χ4n) is 3.99. The highest BCUT2D eigenvalue weighted by molar-refractivity contribution is 5.98. The molecule has 3 aromatic rings. The first-order valence-corrected chi connectivity index (χ1v) is 12.0. The maximum absolute atomic E-state index is 11.6. The van der Waals surface area contributed by atoms with Crippen LogP contribution in [0.5, 0.6) is 17.4 Å². The Hall–Kier alpha value is -4.15. The second-order valence-electron chi connectivity index (χ2n) is 8.37. The fourth-order valence-corrected chi connectivity index (χ4v) is 3.99. The molecule has 2 heterocycles. The molecule has 1 aromatic heterocycles. The van der Waals surface area contributed by atoms with Crippen LogP contribution in [0.4, 0.5) is 23.0 Å². The van der Waals surface area contributed by atoms with Gasteiger partial charge >= 0.3 is 0 Å². The quantitative estimate of drug-likeness (QED) is 0.376. The molecular weight excluding hydrogens is 472 g/mol. The molecular formula is C27H32N6O4. The van der Waals surface area contributed by atoms with Gasteiger partial charge in [0, 0.05) is 75.6 Å². The number of carbonyl (C=O) groups excluding carboxylic acids is 1. The summed E-state index contributed by atoms with van der Waals surface area (Å²) in [6, 6.07) is 14.7. The van der Waals surface area contributed by atoms with Crippen molar-refractivity contribution in [2.45, 2.75) is 0 Å². The number of anilines is 4. The van der Waals surface area contributed by atoms with Crippen molar-refractivity contribution in [1.29, 1.82) is 0 Å². The first-order valence-electron chi connectivity index (χ1n) is 12.0. The minimum absolute atomic E-state index is 0.295. The number of hydrogen-bond acceptors (Lipinski definition) is 9. The number of nitrogens with one attached hydrogen (secondary N) is 2. The van der Waals surface area contributed by atoms with E-state index >= 15 is 0 Å². The average molecular weight is 505 g/mol. The molecule has 0 saturated carbocycles. The smallest absolute Gasteiger partial charge is 0.247 e. The second-order valence-corrected chi connectivity index (χ2v) is 8.37. The number of hydrogen-bond donors (Lipinski definition) is 2. The first-order chi connectivity index (χ1) is 18.1. The van der Waals surface area contributed by atoms with Gasteiger partial charge in [-0.1, -0.05) is 12.6 Å². The summed E-state index contributed by atoms with van der Waals surface area (Å²) in [4.78, 5) is 25.1. The Kier molecular flexibility index (Phi) is 8.90. The molecule has 0 radical (unpaired) electrons. The Morgan fingerprint density at radius 2 is 1.92 bits per heavy atom. The third-order valence-corrected chi connectivity index (χ3v) is 5.90. The van der Waals surface area contributed by atoms with E-state index in [9.17, 15) is 4.79 Å². The molecule has 4 rings (SSSR count). The molecule has 2 aromatic carbocycles. The van der Waals surface area contributed by atoms with E-state index in [4.69, 9.17) is 14.2 Å². The molecule has 1 aliphatic rings. The normalized spacial score (nSPS) is 13.6. The van der Waals surface area contributed by atoms with Crippen molar-refractivity contribution in [3.05, 3.63) is 67.4 Å². The Morgan fingerprint density at radius 3 is 2.68 bits per heavy atom. The number of amides is 1. The number of benzene rings is 2. The summed E-state index contributed by atoms with van der Waals surface area (Å²) >= 11 is 0. The zero-order chi connectivity index (χ0) is 26.0. The zero-order valence-corrected chi connectivity index (χ0v) is 21.1. The van der Waals surface area contributed by atoms with Crippen LogP contribution in [0.1, 0.15) is 0 Å². The summed E-state index contributed by atoms with van der Waals surface area (Å²) in [5, 5.41) is 5.93. The van der Waals surface area contributed by atoms with Crippen molar-refractivity contribution in [2.24, 2.45) is 0 Å². The van der Waals surface area contributed by atoms with E-state index in [-0.39, 0.29) is 5.91 Å². The third-order valence-electron chi connectivity index (χ3n) is 5.90. The standard InChI is InChI=1S/C27H32N6O4/c1-4-25(34)29-20-6-5-7-22(18-20)37-26-10-11-28-27(31-26)30-21-8-9-23(24(19-21)36-3)33-14-12-32(13-15-33)16-17-35-2/h4-11,18-19H,1,12-17H2,2-3H3,(H,29,34)(H,28,30,31). The molecule has 0 atom stereocenters. The highest BCUT2D eigenvalue weighted by Crippen LogP contribution is 2.33. The van der Waals surface area contributed by atoms with Crippen LogP contribution in [-0.4, -0.2) is 74.3 Å². The van der Waals surface area contributed by atoms with Crippen LogP contribution in [0.2, 0.25) is 0 Å². The molecule has 2 N–H and O–H groups in total. The minimum Gasteiger partial charge on any atom is -0.495 e. The molecule has 0 spiro atoms. The highest BCUT2D eigenvalue weighted by atomic mass is 16.5. The van der Waals surface area contributed by atoms with Crippen molar-refractivity contribution in [2.75, 3.05) is 69.1 Å². The molecule has 0 aliphatic carbocycles. The predicted molar refractivity (Wildman–Crippen MR) is 144 cm³/mol. The molecule has 37 heavy (non-hydrogen) atoms. The summed E-state index contributed by atoms with van der Waals surface area (Å²) in [5.74, 6) is 1.76. The lowest BCUT2D eigenvalue weighted by Crippen LogP contribution is -2.47. The number of methoxy groups -OCH3 is 2. The number of aromatic nitrogens is 2. The van der Waals surface area contributed by atoms with Crippen LogP contribution in [0.3, 0.4) is 0 Å². The van der Waals surface area contributed by atoms with Crippen LogP contribution in [0, 0.1) is 0 Å². The van der Waals surface area contributed by atoms with E-state index in [1.54, 1.807) is 50.7 Å². The monoisotopic (exact) mass is 504 g/mol. The number of ether oxygens (including phenoxy) is 3. The van der Waals surface area contributed by atoms with Gasteiger partial charge in [0.15, 0.2) is 0 Å². The topological polar surface area (TPSA) is 101 Å². The Bertz CT molecular complexity index is 1210. The van der Waals surface area contributed by atoms with E-state index < -0.39 is 0 Å². The van der Waals surface area contributed by atoms with Gasteiger partial charge in [-0.15, -0.1) is 0 Å². The predicted octanol–water partition coefficient (Wildman–Crippen LogP) is 3.91. The summed E-state index contributed by atoms with van der Waals surface area (Å²) in [6.45, 7) is 8.97. The van der Waals surface area contributed by atoms with Gasteiger partial charge in [0.05, 0.1) is 19.4 Å². The van der Waals surface area contributed by atoms with Gasteiger partial charge in [0.2, 0.25) is 17.7 Å². The van der Waals surface area contributed by atoms with Crippen molar-refractivity contribution >= 4 is 28.9 Å². The van der Waals surface area contributed by atoms with E-state index in [0.29, 0.717) is 23.3 Å². The lowest BCUT2D eigenvalue weighted by atomic mass is 10.2. The summed E-state index contributed by atoms with van der Waals surface area (Å²) in [7, 11) is 3.41. The average Bonchev–Trinajstić information content (AvgIpc) is 2.92. The Labute approximate surface area is 216 Å². The SMILES string of the molecule is C=CC(=O)Nc1cccc(Oc2ccnc(Nc3ccc(N4CCN(CCOC)CC4)c(OC)c3)n2)c1. The van der Waals surface area contributed by atoms with Gasteiger partial charge in [0.25, 0.3) is 0 Å². The third kappa shape index (κ3) is 7.18. The minimum atomic E-state index is -0.295. The zero-order valence-electron chi connectivity index (χ0n) is 21.1. The molecule has 0 bridgehead atoms.